The predicted molar refractivity (Wildman–Crippen MR) is 228 cm³/mol. The molecule has 9 rings (SSSR count). The van der Waals surface area contributed by atoms with Crippen molar-refractivity contribution >= 4 is 67.7 Å². The highest BCUT2D eigenvalue weighted by Gasteiger charge is 2.16. The van der Waals surface area contributed by atoms with Gasteiger partial charge in [0.25, 0.3) is 0 Å². The highest BCUT2D eigenvalue weighted by atomic mass is 16.4. The Balaban J connectivity index is 0.993. The van der Waals surface area contributed by atoms with Crippen LogP contribution >= 0.6 is 0 Å². The minimum Gasteiger partial charge on any atom is -0.477 e. The van der Waals surface area contributed by atoms with E-state index in [2.05, 4.69) is 94.1 Å². The third kappa shape index (κ3) is 6.14. The molecule has 8 heteroatoms. The van der Waals surface area contributed by atoms with E-state index < -0.39 is 11.9 Å². The molecule has 0 atom stereocenters. The standard InChI is InChI=1S/C50H30N4O4/c51-29-37(49(55)56)25-31-9-23-47-43(27-31)41-5-1-3-7-45(41)53(47)39-19-15-35(16-20-39)33-11-13-34(14-12-33)36-17-21-40(22-18-36)54-46-8-4-2-6-42(46)44-28-32(10-24-48(44)54)26-38(30-52)50(57)58/h1-28H,(H,55,56)(H,57,58)/b37-25+,38-26+. The van der Waals surface area contributed by atoms with Gasteiger partial charge in [-0.3, -0.25) is 0 Å². The molecule has 0 aliphatic heterocycles. The van der Waals surface area contributed by atoms with Crippen LogP contribution in [0.5, 0.6) is 0 Å². The number of nitriles is 2. The molecule has 0 bridgehead atoms. The summed E-state index contributed by atoms with van der Waals surface area (Å²) in [6.45, 7) is 0. The molecule has 8 nitrogen and oxygen atoms in total. The molecular weight excluding hydrogens is 721 g/mol. The van der Waals surface area contributed by atoms with Gasteiger partial charge < -0.3 is 19.3 Å². The summed E-state index contributed by atoms with van der Waals surface area (Å²) in [5.41, 5.74) is 11.0. The fraction of sp³-hybridized carbons (Fsp3) is 0. The number of carbonyl (C=O) groups is 2. The zero-order valence-corrected chi connectivity index (χ0v) is 30.7. The Labute approximate surface area is 331 Å². The second kappa shape index (κ2) is 14.3. The Morgan fingerprint density at radius 1 is 0.431 bits per heavy atom. The molecule has 0 fully saturated rings. The maximum absolute atomic E-state index is 11.5. The number of carboxylic acids is 2. The largest absolute Gasteiger partial charge is 0.477 e. The fourth-order valence-corrected chi connectivity index (χ4v) is 7.79. The monoisotopic (exact) mass is 750 g/mol. The lowest BCUT2D eigenvalue weighted by Gasteiger charge is -2.11. The van der Waals surface area contributed by atoms with Gasteiger partial charge in [0.05, 0.1) is 22.1 Å². The van der Waals surface area contributed by atoms with E-state index in [9.17, 15) is 30.3 Å². The van der Waals surface area contributed by atoms with Gasteiger partial charge in [-0.2, -0.15) is 10.5 Å². The number of nitrogens with zero attached hydrogens (tertiary/aromatic N) is 4. The van der Waals surface area contributed by atoms with Gasteiger partial charge in [0.1, 0.15) is 23.3 Å². The van der Waals surface area contributed by atoms with Crippen molar-refractivity contribution in [2.24, 2.45) is 0 Å². The van der Waals surface area contributed by atoms with E-state index in [4.69, 9.17) is 0 Å². The van der Waals surface area contributed by atoms with Gasteiger partial charge in [-0.15, -0.1) is 0 Å². The van der Waals surface area contributed by atoms with Crippen LogP contribution in [0, 0.1) is 22.7 Å². The van der Waals surface area contributed by atoms with Crippen molar-refractivity contribution < 1.29 is 19.8 Å². The second-order valence-electron chi connectivity index (χ2n) is 13.9. The van der Waals surface area contributed by atoms with E-state index >= 15 is 0 Å². The van der Waals surface area contributed by atoms with Crippen molar-refractivity contribution in [2.75, 3.05) is 0 Å². The van der Waals surface area contributed by atoms with Gasteiger partial charge in [0, 0.05) is 32.9 Å². The van der Waals surface area contributed by atoms with Crippen LogP contribution in [0.3, 0.4) is 0 Å². The number of carboxylic acid groups (broad SMARTS) is 2. The number of benzene rings is 7. The molecule has 58 heavy (non-hydrogen) atoms. The lowest BCUT2D eigenvalue weighted by molar-refractivity contribution is -0.133. The van der Waals surface area contributed by atoms with E-state index in [-0.39, 0.29) is 11.1 Å². The van der Waals surface area contributed by atoms with Crippen molar-refractivity contribution in [2.45, 2.75) is 0 Å². The van der Waals surface area contributed by atoms with Gasteiger partial charge in [-0.25, -0.2) is 9.59 Å². The van der Waals surface area contributed by atoms with E-state index in [0.717, 1.165) is 77.2 Å². The van der Waals surface area contributed by atoms with Gasteiger partial charge in [0.15, 0.2) is 0 Å². The Hall–Kier alpha value is -8.46. The third-order valence-corrected chi connectivity index (χ3v) is 10.5. The number of para-hydroxylation sites is 2. The molecule has 0 saturated carbocycles. The lowest BCUT2D eigenvalue weighted by Crippen LogP contribution is -1.97. The Bertz CT molecular complexity index is 3060. The molecule has 0 aliphatic carbocycles. The van der Waals surface area contributed by atoms with Gasteiger partial charge >= 0.3 is 11.9 Å². The van der Waals surface area contributed by atoms with Crippen molar-refractivity contribution in [1.82, 2.24) is 9.13 Å². The van der Waals surface area contributed by atoms with Crippen LogP contribution in [0.25, 0.3) is 89.4 Å². The zero-order valence-electron chi connectivity index (χ0n) is 30.7. The average molecular weight is 751 g/mol. The number of rotatable bonds is 8. The van der Waals surface area contributed by atoms with E-state index in [1.807, 2.05) is 72.8 Å². The smallest absolute Gasteiger partial charge is 0.346 e. The number of fused-ring (bicyclic) bond motifs is 6. The first kappa shape index (κ1) is 35.3. The normalized spacial score (nSPS) is 11.9. The lowest BCUT2D eigenvalue weighted by atomic mass is 10.00. The van der Waals surface area contributed by atoms with E-state index in [0.29, 0.717) is 11.1 Å². The minimum atomic E-state index is -1.25. The van der Waals surface area contributed by atoms with Crippen LogP contribution in [0.1, 0.15) is 11.1 Å². The average Bonchev–Trinajstić information content (AvgIpc) is 3.77. The third-order valence-electron chi connectivity index (χ3n) is 10.5. The molecule has 0 spiro atoms. The molecule has 7 aromatic carbocycles. The molecule has 9 aromatic rings. The fourth-order valence-electron chi connectivity index (χ4n) is 7.79. The van der Waals surface area contributed by atoms with Gasteiger partial charge in [0.2, 0.25) is 0 Å². The maximum Gasteiger partial charge on any atom is 0.346 e. The van der Waals surface area contributed by atoms with Crippen molar-refractivity contribution in [3.05, 3.63) is 180 Å². The number of aromatic nitrogens is 2. The van der Waals surface area contributed by atoms with Crippen LogP contribution in [0.15, 0.2) is 169 Å². The molecule has 0 amide bonds. The Morgan fingerprint density at radius 3 is 1.10 bits per heavy atom. The first-order valence-electron chi connectivity index (χ1n) is 18.4. The summed E-state index contributed by atoms with van der Waals surface area (Å²) in [6, 6.07) is 56.5. The topological polar surface area (TPSA) is 132 Å². The molecule has 2 aromatic heterocycles. The first-order valence-corrected chi connectivity index (χ1v) is 18.4. The van der Waals surface area contributed by atoms with E-state index in [1.54, 1.807) is 12.1 Å². The summed E-state index contributed by atoms with van der Waals surface area (Å²) in [5.74, 6) is -2.51. The quantitative estimate of drug-likeness (QED) is 0.117. The van der Waals surface area contributed by atoms with Crippen molar-refractivity contribution in [3.63, 3.8) is 0 Å². The molecular formula is C50H30N4O4. The van der Waals surface area contributed by atoms with E-state index in [1.165, 1.54) is 12.2 Å². The maximum atomic E-state index is 11.5. The molecule has 0 radical (unpaired) electrons. The molecule has 2 N–H and O–H groups in total. The molecule has 0 saturated heterocycles. The number of aliphatic carboxylic acids is 2. The van der Waals surface area contributed by atoms with Gasteiger partial charge in [-0.1, -0.05) is 97.1 Å². The highest BCUT2D eigenvalue weighted by molar-refractivity contribution is 6.11. The number of hydrogen-bond acceptors (Lipinski definition) is 4. The second-order valence-corrected chi connectivity index (χ2v) is 13.9. The highest BCUT2D eigenvalue weighted by Crippen LogP contribution is 2.36. The first-order chi connectivity index (χ1) is 28.3. The predicted octanol–water partition coefficient (Wildman–Crippen LogP) is 11.2. The van der Waals surface area contributed by atoms with Gasteiger partial charge in [-0.05, 0) is 106 Å². The molecule has 0 unspecified atom stereocenters. The molecule has 274 valence electrons. The van der Waals surface area contributed by atoms with Crippen LogP contribution in [0.4, 0.5) is 0 Å². The van der Waals surface area contributed by atoms with Crippen LogP contribution in [0.2, 0.25) is 0 Å². The summed E-state index contributed by atoms with van der Waals surface area (Å²) in [5, 5.41) is 41.3. The zero-order chi connectivity index (χ0) is 39.9. The summed E-state index contributed by atoms with van der Waals surface area (Å²) in [4.78, 5) is 22.9. The van der Waals surface area contributed by atoms with Crippen LogP contribution in [-0.2, 0) is 9.59 Å². The summed E-state index contributed by atoms with van der Waals surface area (Å²) >= 11 is 0. The van der Waals surface area contributed by atoms with Crippen LogP contribution < -0.4 is 0 Å². The SMILES string of the molecule is N#C/C(=C\c1ccc2c(c1)c1ccccc1n2-c1ccc(-c2ccc(-c3ccc(-n4c5ccccc5c5cc(/C=C(\C#N)C(=O)O)ccc54)cc3)cc2)cc1)C(=O)O. The Morgan fingerprint density at radius 2 is 0.759 bits per heavy atom. The van der Waals surface area contributed by atoms with Crippen LogP contribution in [-0.4, -0.2) is 31.3 Å². The molecule has 0 aliphatic rings. The molecule has 2 heterocycles. The number of hydrogen-bond donors (Lipinski definition) is 2. The van der Waals surface area contributed by atoms with Crippen molar-refractivity contribution in [3.8, 4) is 45.8 Å². The summed E-state index contributed by atoms with van der Waals surface area (Å²) in [6.07, 6.45) is 2.79. The Kier molecular flexibility index (Phi) is 8.70. The minimum absolute atomic E-state index is 0.315. The van der Waals surface area contributed by atoms with Crippen molar-refractivity contribution in [1.29, 1.82) is 10.5 Å². The summed E-state index contributed by atoms with van der Waals surface area (Å²) in [7, 11) is 0. The summed E-state index contributed by atoms with van der Waals surface area (Å²) < 4.78 is 4.39.